The maximum absolute atomic E-state index is 12.6. The highest BCUT2D eigenvalue weighted by Crippen LogP contribution is 2.43. The van der Waals surface area contributed by atoms with Crippen molar-refractivity contribution in [2.45, 2.75) is 135 Å². The predicted octanol–water partition coefficient (Wildman–Crippen LogP) is 10.0. The Balaban J connectivity index is 4.59. The van der Waals surface area contributed by atoms with Crippen molar-refractivity contribution in [2.24, 2.45) is 5.73 Å². The van der Waals surface area contributed by atoms with Crippen LogP contribution in [0.15, 0.2) is 97.2 Å². The van der Waals surface area contributed by atoms with Gasteiger partial charge in [-0.15, -0.1) is 0 Å². The average Bonchev–Trinajstić information content (AvgIpc) is 3.10. The molecule has 0 heterocycles. The van der Waals surface area contributed by atoms with E-state index in [1.807, 2.05) is 18.2 Å². The zero-order valence-electron chi connectivity index (χ0n) is 31.1. The van der Waals surface area contributed by atoms with Gasteiger partial charge in [-0.3, -0.25) is 13.8 Å². The van der Waals surface area contributed by atoms with Crippen LogP contribution in [0.5, 0.6) is 0 Å². The molecule has 0 aliphatic heterocycles. The number of allylic oxidation sites excluding steroid dienone is 14. The van der Waals surface area contributed by atoms with Crippen LogP contribution in [0.4, 0.5) is 0 Å². The van der Waals surface area contributed by atoms with E-state index in [1.165, 1.54) is 38.5 Å². The number of carbonyl (C=O) groups excluding carboxylic acids is 1. The van der Waals surface area contributed by atoms with Crippen LogP contribution in [0.1, 0.15) is 123 Å². The second-order valence-corrected chi connectivity index (χ2v) is 13.5. The van der Waals surface area contributed by atoms with Gasteiger partial charge in [-0.2, -0.15) is 0 Å². The van der Waals surface area contributed by atoms with Crippen molar-refractivity contribution >= 4 is 13.7 Å². The lowest BCUT2D eigenvalue weighted by molar-refractivity contribution is -0.122. The molecule has 0 bridgehead atoms. The lowest BCUT2D eigenvalue weighted by Gasteiger charge is -2.23. The number of aliphatic hydroxyl groups is 1. The number of nitrogens with one attached hydrogen (secondary N) is 1. The maximum Gasteiger partial charge on any atom is 0.472 e. The second-order valence-electron chi connectivity index (χ2n) is 12.0. The second kappa shape index (κ2) is 36.2. The summed E-state index contributed by atoms with van der Waals surface area (Å²) < 4.78 is 22.0. The molecule has 0 rings (SSSR count). The van der Waals surface area contributed by atoms with Gasteiger partial charge >= 0.3 is 7.82 Å². The van der Waals surface area contributed by atoms with E-state index < -0.39 is 26.6 Å². The molecule has 0 spiro atoms. The van der Waals surface area contributed by atoms with E-state index in [4.69, 9.17) is 14.8 Å². The molecule has 3 atom stereocenters. The first-order chi connectivity index (χ1) is 24.4. The number of rotatable bonds is 33. The normalized spacial score (nSPS) is 15.4. The Kier molecular flexibility index (Phi) is 34.4. The van der Waals surface area contributed by atoms with Gasteiger partial charge in [-0.25, -0.2) is 4.57 Å². The molecule has 0 aromatic carbocycles. The number of nitrogens with two attached hydrogens (primary N) is 1. The van der Waals surface area contributed by atoms with E-state index in [-0.39, 0.29) is 25.5 Å². The first kappa shape index (κ1) is 47.4. The molecule has 0 aromatic rings. The molecule has 50 heavy (non-hydrogen) atoms. The predicted molar refractivity (Wildman–Crippen MR) is 212 cm³/mol. The van der Waals surface area contributed by atoms with Crippen LogP contribution in [-0.4, -0.2) is 47.8 Å². The van der Waals surface area contributed by atoms with E-state index in [1.54, 1.807) is 12.2 Å². The fraction of sp³-hybridized carbons (Fsp3) is 0.585. The molecular weight excluding hydrogens is 647 g/mol. The van der Waals surface area contributed by atoms with Gasteiger partial charge in [-0.1, -0.05) is 143 Å². The molecule has 0 fully saturated rings. The topological polar surface area (TPSA) is 131 Å². The van der Waals surface area contributed by atoms with Crippen LogP contribution >= 0.6 is 7.82 Å². The lowest BCUT2D eigenvalue weighted by atomic mass is 10.1. The highest BCUT2D eigenvalue weighted by molar-refractivity contribution is 7.47. The summed E-state index contributed by atoms with van der Waals surface area (Å²) >= 11 is 0. The smallest absolute Gasteiger partial charge is 0.387 e. The van der Waals surface area contributed by atoms with E-state index in [0.717, 1.165) is 51.4 Å². The zero-order chi connectivity index (χ0) is 36.8. The molecule has 0 aromatic heterocycles. The van der Waals surface area contributed by atoms with E-state index in [9.17, 15) is 19.4 Å². The Morgan fingerprint density at radius 2 is 1.18 bits per heavy atom. The molecule has 0 saturated carbocycles. The average molecular weight is 717 g/mol. The van der Waals surface area contributed by atoms with Gasteiger partial charge in [0.1, 0.15) is 0 Å². The maximum atomic E-state index is 12.6. The Morgan fingerprint density at radius 3 is 1.74 bits per heavy atom. The van der Waals surface area contributed by atoms with Crippen LogP contribution in [0.2, 0.25) is 0 Å². The summed E-state index contributed by atoms with van der Waals surface area (Å²) in [5, 5.41) is 13.5. The fourth-order valence-electron chi connectivity index (χ4n) is 4.58. The highest BCUT2D eigenvalue weighted by Gasteiger charge is 2.26. The Labute approximate surface area is 304 Å². The third-order valence-electron chi connectivity index (χ3n) is 7.40. The van der Waals surface area contributed by atoms with Crippen LogP contribution in [0, 0.1) is 0 Å². The Morgan fingerprint density at radius 1 is 0.680 bits per heavy atom. The number of phosphoric acid groups is 1. The monoisotopic (exact) mass is 716 g/mol. The standard InChI is InChI=1S/C41H69N2O6P/c1-3-5-7-9-11-13-15-17-19-21-22-24-26-28-30-32-34-40(44)39(38-49-50(46,47)48-37-36-42)43-41(45)35-33-31-29-27-25-23-20-18-16-14-12-10-8-6-4-2/h6,8,12,14,17-20,24-27,31-34,39-40,44H,3-5,7,9-11,13,15-16,21-23,28-30,35-38,42H2,1-2H3,(H,43,45)(H,46,47)/b8-6-,14-12-,19-17+,20-18-,26-24+,27-25-,33-31-,34-32+. The van der Waals surface area contributed by atoms with Crippen molar-refractivity contribution in [1.82, 2.24) is 5.32 Å². The quantitative estimate of drug-likeness (QED) is 0.0302. The molecule has 0 radical (unpaired) electrons. The van der Waals surface area contributed by atoms with Gasteiger partial charge in [0, 0.05) is 13.0 Å². The molecule has 9 heteroatoms. The van der Waals surface area contributed by atoms with Crippen LogP contribution in [-0.2, 0) is 18.4 Å². The zero-order valence-corrected chi connectivity index (χ0v) is 32.0. The minimum absolute atomic E-state index is 0.0527. The number of amides is 1. The Bertz CT molecular complexity index is 1090. The van der Waals surface area contributed by atoms with Gasteiger partial charge in [0.25, 0.3) is 0 Å². The first-order valence-electron chi connectivity index (χ1n) is 18.9. The van der Waals surface area contributed by atoms with Gasteiger partial charge in [-0.05, 0) is 70.6 Å². The van der Waals surface area contributed by atoms with Gasteiger partial charge in [0.15, 0.2) is 0 Å². The third-order valence-corrected chi connectivity index (χ3v) is 8.38. The van der Waals surface area contributed by atoms with Crippen molar-refractivity contribution < 1.29 is 28.4 Å². The molecular formula is C41H69N2O6P. The molecule has 284 valence electrons. The number of unbranched alkanes of at least 4 members (excludes halogenated alkanes) is 8. The van der Waals surface area contributed by atoms with E-state index >= 15 is 0 Å². The minimum Gasteiger partial charge on any atom is -0.387 e. The fourth-order valence-corrected chi connectivity index (χ4v) is 5.34. The minimum atomic E-state index is -4.38. The molecule has 0 aliphatic rings. The van der Waals surface area contributed by atoms with Crippen molar-refractivity contribution in [1.29, 1.82) is 0 Å². The molecule has 5 N–H and O–H groups in total. The van der Waals surface area contributed by atoms with E-state index in [2.05, 4.69) is 86.0 Å². The summed E-state index contributed by atoms with van der Waals surface area (Å²) in [7, 11) is -4.38. The Hall–Kier alpha value is -2.58. The van der Waals surface area contributed by atoms with Crippen molar-refractivity contribution in [3.05, 3.63) is 97.2 Å². The SMILES string of the molecule is CC/C=C\C/C=C\C/C=C\C/C=C\C/C=C\CC(=O)NC(COP(=O)(O)OCCN)C(O)/C=C/CC/C=C/CC/C=C/CCCCCCCC. The summed E-state index contributed by atoms with van der Waals surface area (Å²) in [6.07, 6.45) is 49.1. The van der Waals surface area contributed by atoms with Crippen LogP contribution in [0.25, 0.3) is 0 Å². The number of hydrogen-bond donors (Lipinski definition) is 4. The van der Waals surface area contributed by atoms with Crippen molar-refractivity contribution in [3.8, 4) is 0 Å². The van der Waals surface area contributed by atoms with Crippen molar-refractivity contribution in [2.75, 3.05) is 19.8 Å². The largest absolute Gasteiger partial charge is 0.472 e. The van der Waals surface area contributed by atoms with Crippen LogP contribution in [0.3, 0.4) is 0 Å². The summed E-state index contributed by atoms with van der Waals surface area (Å²) in [6.45, 7) is 3.86. The van der Waals surface area contributed by atoms with Crippen LogP contribution < -0.4 is 11.1 Å². The summed E-state index contributed by atoms with van der Waals surface area (Å²) in [5.41, 5.74) is 5.34. The van der Waals surface area contributed by atoms with Crippen molar-refractivity contribution in [3.63, 3.8) is 0 Å². The molecule has 1 amide bonds. The van der Waals surface area contributed by atoms with E-state index in [0.29, 0.717) is 12.8 Å². The molecule has 8 nitrogen and oxygen atoms in total. The molecule has 0 saturated heterocycles. The van der Waals surface area contributed by atoms with Gasteiger partial charge in [0.2, 0.25) is 5.91 Å². The highest BCUT2D eigenvalue weighted by atomic mass is 31.2. The van der Waals surface area contributed by atoms with Gasteiger partial charge in [0.05, 0.1) is 25.4 Å². The summed E-state index contributed by atoms with van der Waals surface area (Å²) in [4.78, 5) is 22.5. The third kappa shape index (κ3) is 33.9. The number of aliphatic hydroxyl groups excluding tert-OH is 1. The number of phosphoric ester groups is 1. The summed E-state index contributed by atoms with van der Waals surface area (Å²) in [6, 6.07) is -0.942. The lowest BCUT2D eigenvalue weighted by Crippen LogP contribution is -2.45. The first-order valence-corrected chi connectivity index (χ1v) is 20.4. The van der Waals surface area contributed by atoms with Gasteiger partial charge < -0.3 is 21.1 Å². The summed E-state index contributed by atoms with van der Waals surface area (Å²) in [5.74, 6) is -0.341. The number of carbonyl (C=O) groups is 1. The molecule has 3 unspecified atom stereocenters. The molecule has 0 aliphatic carbocycles. The number of hydrogen-bond acceptors (Lipinski definition) is 6.